The second kappa shape index (κ2) is 4.79. The fourth-order valence-electron chi connectivity index (χ4n) is 1.87. The summed E-state index contributed by atoms with van der Waals surface area (Å²) >= 11 is 0. The molecular formula is C12H21N3. The second-order valence-corrected chi connectivity index (χ2v) is 4.71. The van der Waals surface area contributed by atoms with E-state index in [2.05, 4.69) is 40.8 Å². The maximum atomic E-state index is 4.55. The van der Waals surface area contributed by atoms with Crippen LogP contribution in [0.2, 0.25) is 0 Å². The molecule has 0 atom stereocenters. The van der Waals surface area contributed by atoms with Crippen LogP contribution in [0, 0.1) is 0 Å². The molecule has 1 aliphatic heterocycles. The van der Waals surface area contributed by atoms with Gasteiger partial charge in [0, 0.05) is 12.7 Å². The maximum Gasteiger partial charge on any atom is 0.0649 e. The van der Waals surface area contributed by atoms with E-state index < -0.39 is 0 Å². The molecule has 0 unspecified atom stereocenters. The highest BCUT2D eigenvalue weighted by atomic mass is 15.3. The van der Waals surface area contributed by atoms with Crippen molar-refractivity contribution in [2.45, 2.75) is 39.2 Å². The highest BCUT2D eigenvalue weighted by Crippen LogP contribution is 2.11. The lowest BCUT2D eigenvalue weighted by Gasteiger charge is -2.30. The van der Waals surface area contributed by atoms with E-state index >= 15 is 0 Å². The molecule has 84 valence electrons. The summed E-state index contributed by atoms with van der Waals surface area (Å²) in [7, 11) is 0. The Kier molecular flexibility index (Phi) is 3.41. The number of aryl methyl sites for hydroxylation is 1. The highest BCUT2D eigenvalue weighted by molar-refractivity contribution is 5.03. The lowest BCUT2D eigenvalue weighted by molar-refractivity contribution is 0.176. The van der Waals surface area contributed by atoms with Gasteiger partial charge in [0.05, 0.1) is 5.69 Å². The third-order valence-corrected chi connectivity index (χ3v) is 3.06. The quantitative estimate of drug-likeness (QED) is 0.737. The standard InChI is InChI=1S/C12H21N3/c1-11(2)12-5-10-15(13-12)9-4-8-14-6-3-7-14/h5,10-11H,3-4,6-9H2,1-2H3. The first-order chi connectivity index (χ1) is 7.25. The Morgan fingerprint density at radius 3 is 2.67 bits per heavy atom. The molecule has 0 aromatic carbocycles. The fourth-order valence-corrected chi connectivity index (χ4v) is 1.87. The molecule has 1 fully saturated rings. The molecule has 0 saturated carbocycles. The van der Waals surface area contributed by atoms with Gasteiger partial charge in [0.2, 0.25) is 0 Å². The number of aromatic nitrogens is 2. The predicted octanol–water partition coefficient (Wildman–Crippen LogP) is 2.10. The average Bonchev–Trinajstić information content (AvgIpc) is 2.57. The molecule has 0 N–H and O–H groups in total. The van der Waals surface area contributed by atoms with E-state index in [1.807, 2.05) is 0 Å². The first-order valence-corrected chi connectivity index (χ1v) is 6.01. The fraction of sp³-hybridized carbons (Fsp3) is 0.750. The minimum absolute atomic E-state index is 0.543. The van der Waals surface area contributed by atoms with Gasteiger partial charge in [-0.2, -0.15) is 5.10 Å². The van der Waals surface area contributed by atoms with Crippen molar-refractivity contribution in [3.05, 3.63) is 18.0 Å². The van der Waals surface area contributed by atoms with Crippen LogP contribution in [0.3, 0.4) is 0 Å². The molecule has 3 heteroatoms. The third-order valence-electron chi connectivity index (χ3n) is 3.06. The van der Waals surface area contributed by atoms with E-state index in [0.717, 1.165) is 6.54 Å². The van der Waals surface area contributed by atoms with Crippen LogP contribution in [-0.4, -0.2) is 34.3 Å². The zero-order valence-corrected chi connectivity index (χ0v) is 9.82. The Labute approximate surface area is 92.1 Å². The molecule has 1 aliphatic rings. The zero-order valence-electron chi connectivity index (χ0n) is 9.82. The van der Waals surface area contributed by atoms with Gasteiger partial charge in [-0.05, 0) is 44.5 Å². The SMILES string of the molecule is CC(C)c1ccn(CCCN2CCC2)n1. The van der Waals surface area contributed by atoms with E-state index in [-0.39, 0.29) is 0 Å². The van der Waals surface area contributed by atoms with Crippen LogP contribution in [0.25, 0.3) is 0 Å². The molecule has 0 aliphatic carbocycles. The molecular weight excluding hydrogens is 186 g/mol. The summed E-state index contributed by atoms with van der Waals surface area (Å²) in [4.78, 5) is 2.51. The summed E-state index contributed by atoms with van der Waals surface area (Å²) in [5.74, 6) is 0.543. The summed E-state index contributed by atoms with van der Waals surface area (Å²) in [5.41, 5.74) is 1.21. The van der Waals surface area contributed by atoms with Crippen LogP contribution in [-0.2, 0) is 6.54 Å². The summed E-state index contributed by atoms with van der Waals surface area (Å²) in [6, 6.07) is 2.13. The lowest BCUT2D eigenvalue weighted by Crippen LogP contribution is -2.38. The Morgan fingerprint density at radius 1 is 1.33 bits per heavy atom. The van der Waals surface area contributed by atoms with Crippen molar-refractivity contribution in [2.75, 3.05) is 19.6 Å². The van der Waals surface area contributed by atoms with Crippen molar-refractivity contribution in [3.63, 3.8) is 0 Å². The van der Waals surface area contributed by atoms with E-state index in [0.29, 0.717) is 5.92 Å². The van der Waals surface area contributed by atoms with E-state index in [9.17, 15) is 0 Å². The first kappa shape index (κ1) is 10.7. The van der Waals surface area contributed by atoms with E-state index in [4.69, 9.17) is 0 Å². The number of rotatable bonds is 5. The van der Waals surface area contributed by atoms with Gasteiger partial charge in [-0.1, -0.05) is 13.8 Å². The van der Waals surface area contributed by atoms with Gasteiger partial charge in [-0.25, -0.2) is 0 Å². The molecule has 0 radical (unpaired) electrons. The summed E-state index contributed by atoms with van der Waals surface area (Å²) in [5, 5.41) is 4.55. The van der Waals surface area contributed by atoms with Crippen LogP contribution in [0.1, 0.15) is 38.3 Å². The molecule has 1 saturated heterocycles. The van der Waals surface area contributed by atoms with Crippen LogP contribution in [0.5, 0.6) is 0 Å². The average molecular weight is 207 g/mol. The molecule has 0 spiro atoms. The Balaban J connectivity index is 1.72. The van der Waals surface area contributed by atoms with Gasteiger partial charge in [-0.3, -0.25) is 4.68 Å². The maximum absolute atomic E-state index is 4.55. The molecule has 2 heterocycles. The van der Waals surface area contributed by atoms with Crippen molar-refractivity contribution in [3.8, 4) is 0 Å². The van der Waals surface area contributed by atoms with Crippen molar-refractivity contribution < 1.29 is 0 Å². The van der Waals surface area contributed by atoms with Gasteiger partial charge in [0.1, 0.15) is 0 Å². The summed E-state index contributed by atoms with van der Waals surface area (Å²) in [6.45, 7) is 9.27. The van der Waals surface area contributed by atoms with E-state index in [1.54, 1.807) is 0 Å². The van der Waals surface area contributed by atoms with Gasteiger partial charge < -0.3 is 4.90 Å². The minimum Gasteiger partial charge on any atom is -0.303 e. The van der Waals surface area contributed by atoms with Crippen LogP contribution in [0.4, 0.5) is 0 Å². The molecule has 1 aromatic heterocycles. The minimum atomic E-state index is 0.543. The molecule has 0 amide bonds. The van der Waals surface area contributed by atoms with Crippen LogP contribution < -0.4 is 0 Å². The number of nitrogens with zero attached hydrogens (tertiary/aromatic N) is 3. The monoisotopic (exact) mass is 207 g/mol. The lowest BCUT2D eigenvalue weighted by atomic mass is 10.1. The van der Waals surface area contributed by atoms with Crippen molar-refractivity contribution in [1.82, 2.24) is 14.7 Å². The molecule has 2 rings (SSSR count). The topological polar surface area (TPSA) is 21.1 Å². The zero-order chi connectivity index (χ0) is 10.7. The van der Waals surface area contributed by atoms with Gasteiger partial charge in [-0.15, -0.1) is 0 Å². The van der Waals surface area contributed by atoms with Gasteiger partial charge in [0.25, 0.3) is 0 Å². The third kappa shape index (κ3) is 2.81. The summed E-state index contributed by atoms with van der Waals surface area (Å²) < 4.78 is 2.08. The Bertz CT molecular complexity index is 300. The normalized spacial score (nSPS) is 17.0. The number of hydrogen-bond donors (Lipinski definition) is 0. The number of hydrogen-bond acceptors (Lipinski definition) is 2. The van der Waals surface area contributed by atoms with Gasteiger partial charge >= 0.3 is 0 Å². The summed E-state index contributed by atoms with van der Waals surface area (Å²) in [6.07, 6.45) is 4.71. The van der Waals surface area contributed by atoms with Crippen molar-refractivity contribution >= 4 is 0 Å². The Hall–Kier alpha value is -0.830. The highest BCUT2D eigenvalue weighted by Gasteiger charge is 2.12. The Morgan fingerprint density at radius 2 is 2.13 bits per heavy atom. The smallest absolute Gasteiger partial charge is 0.0649 e. The van der Waals surface area contributed by atoms with Crippen molar-refractivity contribution in [1.29, 1.82) is 0 Å². The molecule has 15 heavy (non-hydrogen) atoms. The van der Waals surface area contributed by atoms with Crippen molar-refractivity contribution in [2.24, 2.45) is 0 Å². The molecule has 3 nitrogen and oxygen atoms in total. The van der Waals surface area contributed by atoms with E-state index in [1.165, 1.54) is 38.2 Å². The molecule has 0 bridgehead atoms. The second-order valence-electron chi connectivity index (χ2n) is 4.71. The van der Waals surface area contributed by atoms with Crippen LogP contribution >= 0.6 is 0 Å². The van der Waals surface area contributed by atoms with Crippen LogP contribution in [0.15, 0.2) is 12.3 Å². The first-order valence-electron chi connectivity index (χ1n) is 6.01. The molecule has 1 aromatic rings. The van der Waals surface area contributed by atoms with Gasteiger partial charge in [0.15, 0.2) is 0 Å². The predicted molar refractivity (Wildman–Crippen MR) is 62.0 cm³/mol. The number of likely N-dealkylation sites (tertiary alicyclic amines) is 1. The largest absolute Gasteiger partial charge is 0.303 e.